The van der Waals surface area contributed by atoms with Crippen LogP contribution >= 0.6 is 24.0 Å². The highest BCUT2D eigenvalue weighted by Crippen LogP contribution is 2.24. The van der Waals surface area contributed by atoms with Crippen molar-refractivity contribution in [1.82, 2.24) is 10.6 Å². The van der Waals surface area contributed by atoms with Crippen LogP contribution in [0.2, 0.25) is 0 Å². The molecule has 2 aliphatic rings. The summed E-state index contributed by atoms with van der Waals surface area (Å²) in [5.74, 6) is 1.14. The van der Waals surface area contributed by atoms with Crippen molar-refractivity contribution >= 4 is 52.3 Å². The summed E-state index contributed by atoms with van der Waals surface area (Å²) in [5.41, 5.74) is 1.80. The molecule has 2 fully saturated rings. The zero-order valence-electron chi connectivity index (χ0n) is 18.8. The minimum absolute atomic E-state index is 0.0645. The number of nitrogens with one attached hydrogen (secondary N) is 2. The maximum Gasteiger partial charge on any atom is 0.294 e. The first-order valence-corrected chi connectivity index (χ1v) is 12.5. The van der Waals surface area contributed by atoms with Crippen LogP contribution in [0.15, 0.2) is 54.3 Å². The van der Waals surface area contributed by atoms with Gasteiger partial charge in [0.2, 0.25) is 5.91 Å². The van der Waals surface area contributed by atoms with Crippen LogP contribution in [0, 0.1) is 0 Å². The van der Waals surface area contributed by atoms with E-state index in [1.807, 2.05) is 48.5 Å². The van der Waals surface area contributed by atoms with E-state index in [2.05, 4.69) is 10.6 Å². The molecule has 35 heavy (non-hydrogen) atoms. The fourth-order valence-corrected chi connectivity index (χ4v) is 4.50. The van der Waals surface area contributed by atoms with Crippen LogP contribution in [0.5, 0.6) is 11.5 Å². The van der Waals surface area contributed by atoms with Gasteiger partial charge in [0.1, 0.15) is 11.5 Å². The molecule has 4 rings (SSSR count). The zero-order valence-corrected chi connectivity index (χ0v) is 20.4. The second-order valence-electron chi connectivity index (χ2n) is 7.91. The first kappa shape index (κ1) is 24.7. The lowest BCUT2D eigenvalue weighted by atomic mass is 10.1. The summed E-state index contributed by atoms with van der Waals surface area (Å²) >= 11 is 5.85. The molecule has 2 aromatic rings. The number of hydrogen-bond donors (Lipinski definition) is 2. The summed E-state index contributed by atoms with van der Waals surface area (Å²) in [5, 5.41) is 4.14. The largest absolute Gasteiger partial charge is 0.494 e. The summed E-state index contributed by atoms with van der Waals surface area (Å²) in [7, 11) is 0. The molecule has 0 aliphatic carbocycles. The molecule has 182 valence electrons. The number of carbonyl (C=O) groups is 3. The van der Waals surface area contributed by atoms with Gasteiger partial charge in [0, 0.05) is 0 Å². The topological polar surface area (TPSA) is 103 Å². The number of carbonyl (C=O) groups excluding carboxylic acids is 3. The van der Waals surface area contributed by atoms with Gasteiger partial charge in [0.15, 0.2) is 5.76 Å². The number of hydrogen-bond acceptors (Lipinski definition) is 8. The van der Waals surface area contributed by atoms with Gasteiger partial charge < -0.3 is 14.2 Å². The number of ether oxygens (including phenoxy) is 3. The van der Waals surface area contributed by atoms with E-state index in [1.165, 1.54) is 0 Å². The molecule has 2 N–H and O–H groups in total. The van der Waals surface area contributed by atoms with Crippen molar-refractivity contribution in [3.8, 4) is 11.5 Å². The van der Waals surface area contributed by atoms with Gasteiger partial charge in [-0.15, -0.1) is 0 Å². The van der Waals surface area contributed by atoms with Crippen molar-refractivity contribution in [1.29, 1.82) is 0 Å². The van der Waals surface area contributed by atoms with Crippen molar-refractivity contribution in [3.63, 3.8) is 0 Å². The summed E-state index contributed by atoms with van der Waals surface area (Å²) in [6.07, 6.45) is 4.92. The maximum atomic E-state index is 11.7. The average Bonchev–Trinajstić information content (AvgIpc) is 3.33. The van der Waals surface area contributed by atoms with Gasteiger partial charge in [-0.2, -0.15) is 0 Å². The third-order valence-electron chi connectivity index (χ3n) is 5.26. The highest BCUT2D eigenvalue weighted by Gasteiger charge is 2.31. The first-order chi connectivity index (χ1) is 17.0. The Hall–Kier alpha value is -3.37. The molecular weight excluding hydrogens is 488 g/mol. The van der Waals surface area contributed by atoms with Crippen molar-refractivity contribution in [3.05, 3.63) is 65.4 Å². The van der Waals surface area contributed by atoms with E-state index in [4.69, 9.17) is 26.4 Å². The monoisotopic (exact) mass is 512 g/mol. The number of thioether (sulfide) groups is 1. The predicted octanol–water partition coefficient (Wildman–Crippen LogP) is 3.98. The Morgan fingerprint density at radius 2 is 1.51 bits per heavy atom. The Morgan fingerprint density at radius 3 is 2.06 bits per heavy atom. The lowest BCUT2D eigenvalue weighted by Crippen LogP contribution is -2.25. The zero-order chi connectivity index (χ0) is 24.6. The summed E-state index contributed by atoms with van der Waals surface area (Å²) < 4.78 is 16.7. The van der Waals surface area contributed by atoms with Crippen LogP contribution in [0.3, 0.4) is 0 Å². The van der Waals surface area contributed by atoms with E-state index in [1.54, 1.807) is 6.08 Å². The van der Waals surface area contributed by atoms with Crippen LogP contribution in [-0.4, -0.2) is 40.7 Å². The smallest absolute Gasteiger partial charge is 0.294 e. The first-order valence-electron chi connectivity index (χ1n) is 11.2. The SMILES string of the molecule is O=C1NC(=O)C(Cc2ccc(OCCCCCOc3ccc(C=C4OC(=S)NC4=O)cc3)cc2)S1. The third-order valence-corrected chi connectivity index (χ3v) is 6.42. The molecule has 0 saturated carbocycles. The van der Waals surface area contributed by atoms with Crippen molar-refractivity contribution < 1.29 is 28.6 Å². The molecule has 2 heterocycles. The molecule has 0 spiro atoms. The fraction of sp³-hybridized carbons (Fsp3) is 0.280. The quantitative estimate of drug-likeness (QED) is 0.265. The molecule has 0 bridgehead atoms. The van der Waals surface area contributed by atoms with Gasteiger partial charge in [-0.1, -0.05) is 36.0 Å². The molecule has 3 amide bonds. The Labute approximate surface area is 212 Å². The van der Waals surface area contributed by atoms with Crippen LogP contribution in [0.25, 0.3) is 6.08 Å². The molecule has 0 radical (unpaired) electrons. The molecule has 0 aromatic heterocycles. The van der Waals surface area contributed by atoms with Gasteiger partial charge in [-0.3, -0.25) is 25.0 Å². The van der Waals surface area contributed by atoms with Gasteiger partial charge in [-0.05, 0) is 79.4 Å². The fourth-order valence-electron chi connectivity index (χ4n) is 3.46. The lowest BCUT2D eigenvalue weighted by molar-refractivity contribution is -0.119. The van der Waals surface area contributed by atoms with E-state index in [0.29, 0.717) is 19.6 Å². The standard InChI is InChI=1S/C25H24N2O6S2/c28-22-20(33-25(34)27-22)14-16-4-8-18(9-5-16)31-12-2-1-3-13-32-19-10-6-17(7-11-19)15-21-23(29)26-24(30)35-21/h4-11,14,21H,1-3,12-13,15H2,(H,26,29,30)(H,27,28,34). The van der Waals surface area contributed by atoms with E-state index < -0.39 is 0 Å². The van der Waals surface area contributed by atoms with Crippen LogP contribution < -0.4 is 20.1 Å². The molecule has 1 atom stereocenters. The van der Waals surface area contributed by atoms with E-state index >= 15 is 0 Å². The lowest BCUT2D eigenvalue weighted by Gasteiger charge is -2.09. The highest BCUT2D eigenvalue weighted by molar-refractivity contribution is 8.15. The second-order valence-corrected chi connectivity index (χ2v) is 9.46. The minimum Gasteiger partial charge on any atom is -0.494 e. The molecule has 2 aromatic carbocycles. The Kier molecular flexibility index (Phi) is 8.38. The number of benzene rings is 2. The number of unbranched alkanes of at least 4 members (excludes halogenated alkanes) is 2. The number of amides is 3. The van der Waals surface area contributed by atoms with E-state index in [9.17, 15) is 14.4 Å². The normalized spacial score (nSPS) is 18.4. The molecule has 2 saturated heterocycles. The van der Waals surface area contributed by atoms with Gasteiger partial charge in [0.25, 0.3) is 16.3 Å². The molecule has 1 unspecified atom stereocenters. The highest BCUT2D eigenvalue weighted by atomic mass is 32.2. The molecule has 10 heteroatoms. The van der Waals surface area contributed by atoms with Crippen LogP contribution in [0.4, 0.5) is 4.79 Å². The van der Waals surface area contributed by atoms with Crippen molar-refractivity contribution in [2.75, 3.05) is 13.2 Å². The predicted molar refractivity (Wildman–Crippen MR) is 136 cm³/mol. The van der Waals surface area contributed by atoms with Crippen LogP contribution in [0.1, 0.15) is 30.4 Å². The summed E-state index contributed by atoms with van der Waals surface area (Å²) in [4.78, 5) is 34.6. The van der Waals surface area contributed by atoms with Crippen molar-refractivity contribution in [2.45, 2.75) is 30.9 Å². The summed E-state index contributed by atoms with van der Waals surface area (Å²) in [6, 6.07) is 15.0. The summed E-state index contributed by atoms with van der Waals surface area (Å²) in [6.45, 7) is 1.21. The van der Waals surface area contributed by atoms with Gasteiger partial charge in [0.05, 0.1) is 18.5 Å². The third kappa shape index (κ3) is 7.30. The second kappa shape index (κ2) is 11.9. The van der Waals surface area contributed by atoms with Crippen molar-refractivity contribution in [2.24, 2.45) is 0 Å². The molecule has 2 aliphatic heterocycles. The Morgan fingerprint density at radius 1 is 0.886 bits per heavy atom. The van der Waals surface area contributed by atoms with E-state index in [0.717, 1.165) is 53.7 Å². The number of imide groups is 1. The maximum absolute atomic E-state index is 11.7. The number of thiocarbonyl (C=S) groups is 1. The van der Waals surface area contributed by atoms with Crippen LogP contribution in [-0.2, 0) is 20.7 Å². The van der Waals surface area contributed by atoms with Gasteiger partial charge in [-0.25, -0.2) is 0 Å². The molecular formula is C25H24N2O6S2. The Bertz CT molecular complexity index is 1130. The molecule has 8 nitrogen and oxygen atoms in total. The average molecular weight is 513 g/mol. The number of rotatable bonds is 11. The Balaban J connectivity index is 1.09. The van der Waals surface area contributed by atoms with E-state index in [-0.39, 0.29) is 33.2 Å². The minimum atomic E-state index is -0.360. The van der Waals surface area contributed by atoms with Gasteiger partial charge >= 0.3 is 0 Å².